The number of ketones is 1. The van der Waals surface area contributed by atoms with Crippen LogP contribution < -0.4 is 5.73 Å². The van der Waals surface area contributed by atoms with Gasteiger partial charge >= 0.3 is 0 Å². The molecule has 2 N–H and O–H groups in total. The van der Waals surface area contributed by atoms with Gasteiger partial charge in [-0.15, -0.1) is 0 Å². The lowest BCUT2D eigenvalue weighted by Crippen LogP contribution is -2.30. The first-order chi connectivity index (χ1) is 6.50. The van der Waals surface area contributed by atoms with Crippen LogP contribution in [0, 0.1) is 6.92 Å². The van der Waals surface area contributed by atoms with Crippen molar-refractivity contribution in [2.45, 2.75) is 26.3 Å². The van der Waals surface area contributed by atoms with E-state index in [0.29, 0.717) is 6.42 Å². The molecule has 1 aromatic carbocycles. The summed E-state index contributed by atoms with van der Waals surface area (Å²) < 4.78 is 1.05. The first-order valence-electron chi connectivity index (χ1n) is 4.51. The van der Waals surface area contributed by atoms with E-state index in [1.54, 1.807) is 0 Å². The first kappa shape index (κ1) is 11.4. The summed E-state index contributed by atoms with van der Waals surface area (Å²) in [6, 6.07) is 5.62. The summed E-state index contributed by atoms with van der Waals surface area (Å²) in [7, 11) is 0. The second kappa shape index (κ2) is 4.71. The fraction of sp³-hybridized carbons (Fsp3) is 0.364. The van der Waals surface area contributed by atoms with Gasteiger partial charge in [0, 0.05) is 4.47 Å². The third-order valence-corrected chi connectivity index (χ3v) is 2.76. The summed E-state index contributed by atoms with van der Waals surface area (Å²) in [6.07, 6.45) is 0.619. The molecule has 0 spiro atoms. The van der Waals surface area contributed by atoms with E-state index in [9.17, 15) is 4.79 Å². The molecule has 0 saturated heterocycles. The van der Waals surface area contributed by atoms with Crippen molar-refractivity contribution in [3.8, 4) is 0 Å². The van der Waals surface area contributed by atoms with Crippen molar-refractivity contribution >= 4 is 21.7 Å². The topological polar surface area (TPSA) is 43.1 Å². The van der Waals surface area contributed by atoms with E-state index in [1.807, 2.05) is 25.1 Å². The summed E-state index contributed by atoms with van der Waals surface area (Å²) in [5.41, 5.74) is 7.99. The van der Waals surface area contributed by atoms with Gasteiger partial charge in [0.25, 0.3) is 0 Å². The Bertz CT molecular complexity index is 349. The second-order valence-electron chi connectivity index (χ2n) is 3.49. The van der Waals surface area contributed by atoms with Gasteiger partial charge in [0.1, 0.15) is 5.78 Å². The number of Topliss-reactive ketones (excluding diaryl/α,β-unsaturated/α-hetero) is 1. The molecule has 3 heteroatoms. The Balaban J connectivity index is 2.82. The minimum atomic E-state index is -0.380. The molecule has 2 nitrogen and oxygen atoms in total. The molecule has 0 heterocycles. The molecule has 1 aromatic rings. The molecule has 0 aliphatic rings. The Hall–Kier alpha value is -0.670. The Kier molecular flexibility index (Phi) is 3.84. The van der Waals surface area contributed by atoms with Crippen LogP contribution in [-0.4, -0.2) is 11.8 Å². The van der Waals surface area contributed by atoms with Crippen LogP contribution in [-0.2, 0) is 11.2 Å². The van der Waals surface area contributed by atoms with Gasteiger partial charge in [-0.1, -0.05) is 22.0 Å². The van der Waals surface area contributed by atoms with Crippen LogP contribution in [0.15, 0.2) is 22.7 Å². The molecule has 14 heavy (non-hydrogen) atoms. The Morgan fingerprint density at radius 2 is 2.21 bits per heavy atom. The molecule has 76 valence electrons. The molecule has 0 amide bonds. The molecule has 0 radical (unpaired) electrons. The van der Waals surface area contributed by atoms with Gasteiger partial charge in [-0.25, -0.2) is 0 Å². The molecule has 1 unspecified atom stereocenters. The van der Waals surface area contributed by atoms with Crippen LogP contribution >= 0.6 is 15.9 Å². The number of carbonyl (C=O) groups excluding carboxylic acids is 1. The lowest BCUT2D eigenvalue weighted by molar-refractivity contribution is -0.118. The van der Waals surface area contributed by atoms with Crippen LogP contribution in [0.3, 0.4) is 0 Å². The summed E-state index contributed by atoms with van der Waals surface area (Å²) >= 11 is 3.39. The smallest absolute Gasteiger partial charge is 0.146 e. The standard InChI is InChI=1S/C11H14BrNO/c1-7-5-10(12)4-3-9(7)6-11(13)8(2)14/h3-5,11H,6,13H2,1-2H3. The molecular weight excluding hydrogens is 242 g/mol. The minimum Gasteiger partial charge on any atom is -0.321 e. The van der Waals surface area contributed by atoms with Crippen molar-refractivity contribution in [3.63, 3.8) is 0 Å². The summed E-state index contributed by atoms with van der Waals surface area (Å²) in [5.74, 6) is 0.0346. The first-order valence-corrected chi connectivity index (χ1v) is 5.31. The van der Waals surface area contributed by atoms with Crippen molar-refractivity contribution in [2.24, 2.45) is 5.73 Å². The molecule has 1 rings (SSSR count). The zero-order chi connectivity index (χ0) is 10.7. The van der Waals surface area contributed by atoms with Gasteiger partial charge in [0.2, 0.25) is 0 Å². The fourth-order valence-electron chi connectivity index (χ4n) is 1.27. The number of halogens is 1. The number of hydrogen-bond acceptors (Lipinski definition) is 2. The number of benzene rings is 1. The molecule has 0 bridgehead atoms. The second-order valence-corrected chi connectivity index (χ2v) is 4.41. The minimum absolute atomic E-state index is 0.0346. The van der Waals surface area contributed by atoms with Crippen molar-refractivity contribution in [1.29, 1.82) is 0 Å². The Morgan fingerprint density at radius 1 is 1.57 bits per heavy atom. The van der Waals surface area contributed by atoms with Crippen molar-refractivity contribution < 1.29 is 4.79 Å². The largest absolute Gasteiger partial charge is 0.321 e. The average molecular weight is 256 g/mol. The lowest BCUT2D eigenvalue weighted by atomic mass is 10.00. The van der Waals surface area contributed by atoms with Crippen LogP contribution in [0.5, 0.6) is 0 Å². The van der Waals surface area contributed by atoms with Gasteiger partial charge in [-0.2, -0.15) is 0 Å². The maximum Gasteiger partial charge on any atom is 0.146 e. The van der Waals surface area contributed by atoms with Crippen molar-refractivity contribution in [2.75, 3.05) is 0 Å². The molecule has 0 saturated carbocycles. The number of carbonyl (C=O) groups is 1. The van der Waals surface area contributed by atoms with Crippen LogP contribution in [0.25, 0.3) is 0 Å². The molecule has 0 aliphatic heterocycles. The maximum absolute atomic E-state index is 11.0. The lowest BCUT2D eigenvalue weighted by Gasteiger charge is -2.10. The number of nitrogens with two attached hydrogens (primary N) is 1. The van der Waals surface area contributed by atoms with Gasteiger partial charge < -0.3 is 5.73 Å². The highest BCUT2D eigenvalue weighted by molar-refractivity contribution is 9.10. The zero-order valence-corrected chi connectivity index (χ0v) is 9.97. The highest BCUT2D eigenvalue weighted by Gasteiger charge is 2.10. The van der Waals surface area contributed by atoms with E-state index < -0.39 is 0 Å². The maximum atomic E-state index is 11.0. The summed E-state index contributed by atoms with van der Waals surface area (Å²) in [6.45, 7) is 3.55. The monoisotopic (exact) mass is 255 g/mol. The van der Waals surface area contributed by atoms with Crippen LogP contribution in [0.2, 0.25) is 0 Å². The van der Waals surface area contributed by atoms with E-state index in [0.717, 1.165) is 15.6 Å². The summed E-state index contributed by atoms with van der Waals surface area (Å²) in [5, 5.41) is 0. The molecule has 1 atom stereocenters. The Labute approximate surface area is 92.6 Å². The zero-order valence-electron chi connectivity index (χ0n) is 8.38. The van der Waals surface area contributed by atoms with E-state index >= 15 is 0 Å². The van der Waals surface area contributed by atoms with Gasteiger partial charge in [0.05, 0.1) is 6.04 Å². The SMILES string of the molecule is CC(=O)C(N)Cc1ccc(Br)cc1C. The molecule has 0 aliphatic carbocycles. The normalized spacial score (nSPS) is 12.6. The number of hydrogen-bond donors (Lipinski definition) is 1. The molecular formula is C11H14BrNO. The molecule has 0 aromatic heterocycles. The van der Waals surface area contributed by atoms with E-state index in [-0.39, 0.29) is 11.8 Å². The summed E-state index contributed by atoms with van der Waals surface area (Å²) in [4.78, 5) is 11.0. The van der Waals surface area contributed by atoms with Crippen LogP contribution in [0.4, 0.5) is 0 Å². The quantitative estimate of drug-likeness (QED) is 0.901. The van der Waals surface area contributed by atoms with Gasteiger partial charge in [0.15, 0.2) is 0 Å². The third kappa shape index (κ3) is 2.93. The van der Waals surface area contributed by atoms with Crippen LogP contribution in [0.1, 0.15) is 18.1 Å². The predicted molar refractivity (Wildman–Crippen MR) is 61.2 cm³/mol. The van der Waals surface area contributed by atoms with E-state index in [1.165, 1.54) is 6.92 Å². The van der Waals surface area contributed by atoms with Crippen molar-refractivity contribution in [1.82, 2.24) is 0 Å². The van der Waals surface area contributed by atoms with E-state index in [2.05, 4.69) is 15.9 Å². The number of aryl methyl sites for hydroxylation is 1. The van der Waals surface area contributed by atoms with Gasteiger partial charge in [-0.3, -0.25) is 4.79 Å². The average Bonchev–Trinajstić information content (AvgIpc) is 2.09. The highest BCUT2D eigenvalue weighted by atomic mass is 79.9. The Morgan fingerprint density at radius 3 is 2.71 bits per heavy atom. The third-order valence-electron chi connectivity index (χ3n) is 2.27. The predicted octanol–water partition coefficient (Wildman–Crippen LogP) is 2.22. The van der Waals surface area contributed by atoms with E-state index in [4.69, 9.17) is 5.73 Å². The van der Waals surface area contributed by atoms with Gasteiger partial charge in [-0.05, 0) is 43.5 Å². The molecule has 0 fully saturated rings. The van der Waals surface area contributed by atoms with Crippen molar-refractivity contribution in [3.05, 3.63) is 33.8 Å². The number of rotatable bonds is 3. The highest BCUT2D eigenvalue weighted by Crippen LogP contribution is 2.16. The fourth-order valence-corrected chi connectivity index (χ4v) is 1.74.